The zero-order valence-corrected chi connectivity index (χ0v) is 42.7. The van der Waals surface area contributed by atoms with Crippen LogP contribution in [0.1, 0.15) is 59.5 Å². The second kappa shape index (κ2) is 26.8. The van der Waals surface area contributed by atoms with Crippen LogP contribution in [0.25, 0.3) is 10.9 Å². The number of carbonyl (C=O) groups excluding carboxylic acids is 7. The van der Waals surface area contributed by atoms with E-state index in [2.05, 4.69) is 36.9 Å². The summed E-state index contributed by atoms with van der Waals surface area (Å²) in [4.78, 5) is 107. The maximum absolute atomic E-state index is 15.3. The summed E-state index contributed by atoms with van der Waals surface area (Å²) in [6.45, 7) is 0.617. The molecule has 2 unspecified atom stereocenters. The van der Waals surface area contributed by atoms with Crippen molar-refractivity contribution in [2.45, 2.75) is 93.9 Å². The minimum absolute atomic E-state index is 0.0385. The van der Waals surface area contributed by atoms with Crippen molar-refractivity contribution in [1.29, 1.82) is 0 Å². The van der Waals surface area contributed by atoms with Crippen molar-refractivity contribution in [2.24, 2.45) is 11.5 Å². The Bertz CT molecular complexity index is 2960. The molecule has 6 aromatic rings. The van der Waals surface area contributed by atoms with Gasteiger partial charge in [-0.3, -0.25) is 28.8 Å². The molecule has 8 rings (SSSR count). The number of nitrogens with zero attached hydrogens (tertiary/aromatic N) is 1. The number of benzene rings is 5. The molecule has 1 aromatic heterocycles. The number of fused-ring (bicyclic) bond motifs is 2. The molecular weight excluding hydrogens is 981 g/mol. The van der Waals surface area contributed by atoms with Crippen molar-refractivity contribution < 1.29 is 43.0 Å². The highest BCUT2D eigenvalue weighted by Crippen LogP contribution is 2.26. The Labute approximate surface area is 446 Å². The maximum Gasteiger partial charge on any atom is 0.407 e. The number of hydrogen-bond acceptors (Lipinski definition) is 11. The predicted molar refractivity (Wildman–Crippen MR) is 288 cm³/mol. The largest absolute Gasteiger partial charge is 0.489 e. The summed E-state index contributed by atoms with van der Waals surface area (Å²) >= 11 is 0. The molecule has 402 valence electrons. The molecular formula is C58H66N10O9. The summed E-state index contributed by atoms with van der Waals surface area (Å²) in [6, 6.07) is 33.6. The van der Waals surface area contributed by atoms with Crippen LogP contribution in [0.15, 0.2) is 146 Å². The van der Waals surface area contributed by atoms with Gasteiger partial charge in [-0.25, -0.2) is 4.79 Å². The van der Waals surface area contributed by atoms with E-state index in [-0.39, 0.29) is 51.7 Å². The number of nitrogens with two attached hydrogens (primary N) is 2. The molecule has 2 aliphatic rings. The number of alkyl carbamates (subject to hydrolysis) is 1. The summed E-state index contributed by atoms with van der Waals surface area (Å²) in [7, 11) is 0. The van der Waals surface area contributed by atoms with Gasteiger partial charge in [0.15, 0.2) is 0 Å². The van der Waals surface area contributed by atoms with E-state index in [0.717, 1.165) is 16.5 Å². The number of nitrogens with one attached hydrogen (secondary N) is 7. The van der Waals surface area contributed by atoms with E-state index in [1.807, 2.05) is 60.7 Å². The van der Waals surface area contributed by atoms with Crippen LogP contribution in [0.4, 0.5) is 4.79 Å². The minimum Gasteiger partial charge on any atom is -0.489 e. The van der Waals surface area contributed by atoms with Crippen LogP contribution in [0.2, 0.25) is 0 Å². The van der Waals surface area contributed by atoms with Crippen molar-refractivity contribution in [2.75, 3.05) is 26.2 Å². The van der Waals surface area contributed by atoms with Crippen LogP contribution in [0, 0.1) is 0 Å². The summed E-state index contributed by atoms with van der Waals surface area (Å²) in [5, 5.41) is 17.9. The SMILES string of the molecule is NCCCC[C@H]1NC(=O)C(Cc2c[nH]c3ccccc23)NC(=O)[C@@H](c2ccccc2)NC(=O)[C@@H]2CC(OC(=O)NCCN)CN2C(=O)[C@@H](Cc2ccccc2)NC(=O)[C@@H](Cc2ccc(OCc3ccccc3)cc2)NC1=O. The second-order valence-electron chi connectivity index (χ2n) is 19.2. The minimum atomic E-state index is -1.42. The van der Waals surface area contributed by atoms with E-state index >= 15 is 9.59 Å². The molecule has 0 saturated carbocycles. The van der Waals surface area contributed by atoms with Crippen molar-refractivity contribution in [3.8, 4) is 5.75 Å². The standard InChI is InChI=1S/C58H66N10O9/c59-27-13-12-22-46-52(69)64-47(30-38-23-25-42(26-24-38)76-36-39-16-6-2-7-17-39)53(70)66-49(31-37-14-4-1-5-15-37)57(74)68-35-43(77-58(75)61-29-28-60)33-50(68)55(72)67-51(40-18-8-3-9-19-40)56(73)65-48(54(71)63-46)32-41-34-62-45-21-11-10-20-44(41)45/h1-11,14-21,23-26,34,43,46-51,62H,12-13,22,27-33,35-36,59-60H2,(H,61,75)(H,63,71)(H,64,69)(H,65,73)(H,66,70)(H,67,72)/t43?,46-,47-,48?,49-,50+,51-/m1/s1. The van der Waals surface area contributed by atoms with Crippen LogP contribution < -0.4 is 48.1 Å². The van der Waals surface area contributed by atoms with Gasteiger partial charge in [-0.2, -0.15) is 0 Å². The zero-order valence-electron chi connectivity index (χ0n) is 42.7. The number of unbranched alkanes of at least 4 members (excludes halogenated alkanes) is 1. The van der Waals surface area contributed by atoms with Gasteiger partial charge in [-0.1, -0.05) is 121 Å². The lowest BCUT2D eigenvalue weighted by atomic mass is 9.99. The second-order valence-corrected chi connectivity index (χ2v) is 19.2. The van der Waals surface area contributed by atoms with Crippen molar-refractivity contribution in [3.63, 3.8) is 0 Å². The third-order valence-corrected chi connectivity index (χ3v) is 13.7. The van der Waals surface area contributed by atoms with Gasteiger partial charge in [0.05, 0.1) is 6.54 Å². The monoisotopic (exact) mass is 1050 g/mol. The molecule has 2 aliphatic heterocycles. The summed E-state index contributed by atoms with van der Waals surface area (Å²) < 4.78 is 11.8. The van der Waals surface area contributed by atoms with Gasteiger partial charge in [0.1, 0.15) is 54.7 Å². The Hall–Kier alpha value is -8.55. The molecule has 2 saturated heterocycles. The Morgan fingerprint density at radius 2 is 1.17 bits per heavy atom. The number of rotatable bonds is 17. The molecule has 3 heterocycles. The van der Waals surface area contributed by atoms with E-state index in [4.69, 9.17) is 20.9 Å². The molecule has 19 heteroatoms. The van der Waals surface area contributed by atoms with Gasteiger partial charge in [0, 0.05) is 55.9 Å². The van der Waals surface area contributed by atoms with E-state index in [1.54, 1.807) is 85.1 Å². The molecule has 0 bridgehead atoms. The number of para-hydroxylation sites is 1. The fraction of sp³-hybridized carbons (Fsp3) is 0.328. The molecule has 0 radical (unpaired) electrons. The molecule has 0 aliphatic carbocycles. The fourth-order valence-corrected chi connectivity index (χ4v) is 9.65. The lowest BCUT2D eigenvalue weighted by Gasteiger charge is -2.32. The van der Waals surface area contributed by atoms with Gasteiger partial charge in [-0.05, 0) is 71.8 Å². The highest BCUT2D eigenvalue weighted by molar-refractivity contribution is 5.99. The Balaban J connectivity index is 1.19. The van der Waals surface area contributed by atoms with Gasteiger partial charge in [0.25, 0.3) is 0 Å². The first-order chi connectivity index (χ1) is 37.5. The molecule has 77 heavy (non-hydrogen) atoms. The van der Waals surface area contributed by atoms with Gasteiger partial charge >= 0.3 is 6.09 Å². The Kier molecular flexibility index (Phi) is 19.0. The smallest absolute Gasteiger partial charge is 0.407 e. The third-order valence-electron chi connectivity index (χ3n) is 13.7. The van der Waals surface area contributed by atoms with Crippen LogP contribution in [-0.2, 0) is 59.4 Å². The maximum atomic E-state index is 15.3. The van der Waals surface area contributed by atoms with Crippen molar-refractivity contribution in [1.82, 2.24) is 41.8 Å². The number of amides is 7. The predicted octanol–water partition coefficient (Wildman–Crippen LogP) is 3.37. The van der Waals surface area contributed by atoms with Crippen LogP contribution in [0.3, 0.4) is 0 Å². The van der Waals surface area contributed by atoms with E-state index in [9.17, 15) is 24.0 Å². The van der Waals surface area contributed by atoms with Crippen molar-refractivity contribution >= 4 is 52.4 Å². The topological polar surface area (TPSA) is 281 Å². The first-order valence-electron chi connectivity index (χ1n) is 26.0. The molecule has 0 spiro atoms. The first-order valence-corrected chi connectivity index (χ1v) is 26.0. The summed E-state index contributed by atoms with van der Waals surface area (Å²) in [5.41, 5.74) is 15.7. The van der Waals surface area contributed by atoms with Gasteiger partial charge in [0.2, 0.25) is 35.4 Å². The highest BCUT2D eigenvalue weighted by atomic mass is 16.6. The molecule has 2 fully saturated rings. The fourth-order valence-electron chi connectivity index (χ4n) is 9.65. The average molecular weight is 1050 g/mol. The van der Waals surface area contributed by atoms with E-state index in [1.165, 1.54) is 4.90 Å². The Morgan fingerprint density at radius 1 is 0.584 bits per heavy atom. The summed E-state index contributed by atoms with van der Waals surface area (Å²) in [5.74, 6) is -3.76. The van der Waals surface area contributed by atoms with Crippen LogP contribution >= 0.6 is 0 Å². The number of hydrogen-bond donors (Lipinski definition) is 9. The Morgan fingerprint density at radius 3 is 1.87 bits per heavy atom. The third kappa shape index (κ3) is 14.9. The van der Waals surface area contributed by atoms with E-state index < -0.39 is 83.9 Å². The number of aromatic amines is 1. The van der Waals surface area contributed by atoms with Crippen LogP contribution in [-0.4, -0.2) is 114 Å². The first kappa shape index (κ1) is 54.7. The zero-order chi connectivity index (χ0) is 54.1. The van der Waals surface area contributed by atoms with E-state index in [0.29, 0.717) is 54.0 Å². The van der Waals surface area contributed by atoms with Gasteiger partial charge < -0.3 is 62.7 Å². The van der Waals surface area contributed by atoms with Gasteiger partial charge in [-0.15, -0.1) is 0 Å². The van der Waals surface area contributed by atoms with Crippen LogP contribution in [0.5, 0.6) is 5.75 Å². The highest BCUT2D eigenvalue weighted by Gasteiger charge is 2.45. The number of ether oxygens (including phenoxy) is 2. The summed E-state index contributed by atoms with van der Waals surface area (Å²) in [6.07, 6.45) is 0.652. The van der Waals surface area contributed by atoms with Crippen molar-refractivity contribution in [3.05, 3.63) is 174 Å². The molecule has 19 nitrogen and oxygen atoms in total. The molecule has 7 amide bonds. The number of H-pyrrole nitrogens is 1. The number of carbonyl (C=O) groups is 7. The number of aromatic nitrogens is 1. The molecule has 7 atom stereocenters. The normalized spacial score (nSPS) is 21.6. The average Bonchev–Trinajstić information content (AvgIpc) is 4.08. The quantitative estimate of drug-likeness (QED) is 0.0598. The molecule has 11 N–H and O–H groups in total. The lowest BCUT2D eigenvalue weighted by molar-refractivity contribution is -0.143. The lowest BCUT2D eigenvalue weighted by Crippen LogP contribution is -2.61. The molecule has 5 aromatic carbocycles.